The maximum Gasteiger partial charge on any atom is 0.315 e. The molecule has 0 spiro atoms. The molecule has 6 nitrogen and oxygen atoms in total. The molecule has 2 N–H and O–H groups in total. The molecule has 0 aliphatic carbocycles. The van der Waals surface area contributed by atoms with Gasteiger partial charge in [-0.05, 0) is 18.4 Å². The number of fused-ring (bicyclic) bond motifs is 1. The number of carbonyl (C=O) groups is 1. The highest BCUT2D eigenvalue weighted by Crippen LogP contribution is 2.18. The topological polar surface area (TPSA) is 72.1 Å². The van der Waals surface area contributed by atoms with E-state index >= 15 is 0 Å². The average Bonchev–Trinajstić information content (AvgIpc) is 3.13. The Morgan fingerprint density at radius 2 is 2.45 bits per heavy atom. The third kappa shape index (κ3) is 3.01. The van der Waals surface area contributed by atoms with Crippen LogP contribution in [-0.2, 0) is 19.5 Å². The highest BCUT2D eigenvalue weighted by molar-refractivity contribution is 5.73. The van der Waals surface area contributed by atoms with Crippen molar-refractivity contribution >= 4 is 6.03 Å². The van der Waals surface area contributed by atoms with Crippen LogP contribution >= 0.6 is 0 Å². The molecule has 1 unspecified atom stereocenters. The van der Waals surface area contributed by atoms with Gasteiger partial charge in [0.05, 0.1) is 12.5 Å². The number of urea groups is 1. The predicted octanol–water partition coefficient (Wildman–Crippen LogP) is 1.54. The highest BCUT2D eigenvalue weighted by Gasteiger charge is 2.19. The third-order valence-electron chi connectivity index (χ3n) is 3.64. The number of nitrogens with one attached hydrogen (secondary N) is 2. The van der Waals surface area contributed by atoms with Crippen molar-refractivity contribution < 1.29 is 9.21 Å². The summed E-state index contributed by atoms with van der Waals surface area (Å²) in [5.74, 6) is 1.58. The molecule has 3 rings (SSSR count). The molecule has 0 saturated heterocycles. The first-order valence-electron chi connectivity index (χ1n) is 6.84. The Bertz CT molecular complexity index is 562. The summed E-state index contributed by atoms with van der Waals surface area (Å²) in [7, 11) is 0. The largest absolute Gasteiger partial charge is 0.472 e. The molecule has 0 saturated carbocycles. The standard InChI is InChI=1S/C14H18N4O2/c19-14(17-9-12-2-6-20-10-12)16-8-11-1-4-18-5-3-15-13(18)7-11/h2-3,5-6,10-11H,1,4,7-9H2,(H2,16,17,19). The second kappa shape index (κ2) is 5.81. The van der Waals surface area contributed by atoms with Crippen molar-refractivity contribution in [1.29, 1.82) is 0 Å². The van der Waals surface area contributed by atoms with Gasteiger partial charge >= 0.3 is 6.03 Å². The maximum atomic E-state index is 11.7. The van der Waals surface area contributed by atoms with Crippen LogP contribution in [0.2, 0.25) is 0 Å². The van der Waals surface area contributed by atoms with Crippen LogP contribution < -0.4 is 10.6 Å². The van der Waals surface area contributed by atoms with Gasteiger partial charge in [-0.15, -0.1) is 0 Å². The fraction of sp³-hybridized carbons (Fsp3) is 0.429. The number of carbonyl (C=O) groups excluding carboxylic acids is 1. The molecular formula is C14H18N4O2. The minimum absolute atomic E-state index is 0.139. The molecule has 6 heteroatoms. The van der Waals surface area contributed by atoms with Crippen molar-refractivity contribution in [2.24, 2.45) is 5.92 Å². The van der Waals surface area contributed by atoms with Crippen LogP contribution in [-0.4, -0.2) is 22.1 Å². The zero-order chi connectivity index (χ0) is 13.8. The van der Waals surface area contributed by atoms with Crippen LogP contribution in [0.25, 0.3) is 0 Å². The van der Waals surface area contributed by atoms with E-state index in [4.69, 9.17) is 4.42 Å². The van der Waals surface area contributed by atoms with Crippen LogP contribution in [0.3, 0.4) is 0 Å². The summed E-state index contributed by atoms with van der Waals surface area (Å²) >= 11 is 0. The van der Waals surface area contributed by atoms with Gasteiger partial charge in [0.2, 0.25) is 0 Å². The summed E-state index contributed by atoms with van der Waals surface area (Å²) in [4.78, 5) is 16.0. The molecular weight excluding hydrogens is 256 g/mol. The zero-order valence-corrected chi connectivity index (χ0v) is 11.2. The number of aryl methyl sites for hydroxylation is 1. The molecule has 2 amide bonds. The molecule has 0 bridgehead atoms. The number of furan rings is 1. The number of hydrogen-bond donors (Lipinski definition) is 2. The fourth-order valence-electron chi connectivity index (χ4n) is 2.46. The van der Waals surface area contributed by atoms with Gasteiger partial charge in [-0.3, -0.25) is 0 Å². The number of amides is 2. The van der Waals surface area contributed by atoms with Crippen LogP contribution in [0.4, 0.5) is 4.79 Å². The lowest BCUT2D eigenvalue weighted by Crippen LogP contribution is -2.39. The molecule has 0 radical (unpaired) electrons. The molecule has 0 fully saturated rings. The number of hydrogen-bond acceptors (Lipinski definition) is 3. The van der Waals surface area contributed by atoms with E-state index in [1.165, 1.54) is 0 Å². The van der Waals surface area contributed by atoms with Gasteiger partial charge in [0, 0.05) is 44.0 Å². The Hall–Kier alpha value is -2.24. The first kappa shape index (κ1) is 12.8. The van der Waals surface area contributed by atoms with Gasteiger partial charge in [0.25, 0.3) is 0 Å². The lowest BCUT2D eigenvalue weighted by molar-refractivity contribution is 0.236. The van der Waals surface area contributed by atoms with Crippen LogP contribution in [0.15, 0.2) is 35.4 Å². The molecule has 0 aromatic carbocycles. The van der Waals surface area contributed by atoms with Gasteiger partial charge in [0.1, 0.15) is 5.82 Å². The van der Waals surface area contributed by atoms with E-state index in [1.54, 1.807) is 12.5 Å². The van der Waals surface area contributed by atoms with E-state index < -0.39 is 0 Å². The van der Waals surface area contributed by atoms with Crippen molar-refractivity contribution in [3.05, 3.63) is 42.4 Å². The van der Waals surface area contributed by atoms with Crippen LogP contribution in [0, 0.1) is 5.92 Å². The van der Waals surface area contributed by atoms with Crippen molar-refractivity contribution in [1.82, 2.24) is 20.2 Å². The smallest absolute Gasteiger partial charge is 0.315 e. The van der Waals surface area contributed by atoms with E-state index in [2.05, 4.69) is 20.2 Å². The second-order valence-electron chi connectivity index (χ2n) is 5.09. The SMILES string of the molecule is O=C(NCc1ccoc1)NCC1CCn2ccnc2C1. The Morgan fingerprint density at radius 1 is 1.50 bits per heavy atom. The summed E-state index contributed by atoms with van der Waals surface area (Å²) in [5, 5.41) is 5.73. The molecule has 1 atom stereocenters. The molecule has 2 aromatic heterocycles. The van der Waals surface area contributed by atoms with Crippen LogP contribution in [0.1, 0.15) is 17.8 Å². The Balaban J connectivity index is 1.40. The Morgan fingerprint density at radius 3 is 3.30 bits per heavy atom. The summed E-state index contributed by atoms with van der Waals surface area (Å²) in [5.41, 5.74) is 0.958. The van der Waals surface area contributed by atoms with Crippen molar-refractivity contribution in [2.45, 2.75) is 25.9 Å². The summed E-state index contributed by atoms with van der Waals surface area (Å²) in [6.07, 6.45) is 9.07. The fourth-order valence-corrected chi connectivity index (χ4v) is 2.46. The molecule has 1 aliphatic heterocycles. The molecule has 1 aliphatic rings. The van der Waals surface area contributed by atoms with Crippen LogP contribution in [0.5, 0.6) is 0 Å². The summed E-state index contributed by atoms with van der Waals surface area (Å²) in [6, 6.07) is 1.70. The van der Waals surface area contributed by atoms with Gasteiger partial charge in [-0.2, -0.15) is 0 Å². The van der Waals surface area contributed by atoms with E-state index in [-0.39, 0.29) is 6.03 Å². The molecule has 3 heterocycles. The van der Waals surface area contributed by atoms with Gasteiger partial charge < -0.3 is 19.6 Å². The number of nitrogens with zero attached hydrogens (tertiary/aromatic N) is 2. The molecule has 2 aromatic rings. The van der Waals surface area contributed by atoms with Crippen molar-refractivity contribution in [3.63, 3.8) is 0 Å². The first-order chi connectivity index (χ1) is 9.81. The summed E-state index contributed by atoms with van der Waals surface area (Å²) < 4.78 is 7.12. The molecule has 106 valence electrons. The second-order valence-corrected chi connectivity index (χ2v) is 5.09. The normalized spacial score (nSPS) is 17.5. The number of rotatable bonds is 4. The lowest BCUT2D eigenvalue weighted by Gasteiger charge is -2.23. The Kier molecular flexibility index (Phi) is 3.71. The van der Waals surface area contributed by atoms with Gasteiger partial charge in [-0.1, -0.05) is 0 Å². The molecule has 20 heavy (non-hydrogen) atoms. The summed E-state index contributed by atoms with van der Waals surface area (Å²) in [6.45, 7) is 2.15. The number of imidazole rings is 1. The zero-order valence-electron chi connectivity index (χ0n) is 11.2. The minimum atomic E-state index is -0.139. The van der Waals surface area contributed by atoms with Crippen molar-refractivity contribution in [3.8, 4) is 0 Å². The van der Waals surface area contributed by atoms with Gasteiger partial charge in [0.15, 0.2) is 0 Å². The van der Waals surface area contributed by atoms with E-state index in [0.29, 0.717) is 19.0 Å². The van der Waals surface area contributed by atoms with E-state index in [9.17, 15) is 4.79 Å². The monoisotopic (exact) mass is 274 g/mol. The lowest BCUT2D eigenvalue weighted by atomic mass is 9.98. The highest BCUT2D eigenvalue weighted by atomic mass is 16.3. The average molecular weight is 274 g/mol. The van der Waals surface area contributed by atoms with E-state index in [1.807, 2.05) is 18.5 Å². The maximum absolute atomic E-state index is 11.7. The predicted molar refractivity (Wildman–Crippen MR) is 73.0 cm³/mol. The van der Waals surface area contributed by atoms with E-state index in [0.717, 1.165) is 30.8 Å². The van der Waals surface area contributed by atoms with Gasteiger partial charge in [-0.25, -0.2) is 9.78 Å². The number of aromatic nitrogens is 2. The third-order valence-corrected chi connectivity index (χ3v) is 3.64. The minimum Gasteiger partial charge on any atom is -0.472 e. The quantitative estimate of drug-likeness (QED) is 0.888. The first-order valence-corrected chi connectivity index (χ1v) is 6.84. The van der Waals surface area contributed by atoms with Crippen molar-refractivity contribution in [2.75, 3.05) is 6.54 Å². The Labute approximate surface area is 117 Å².